The number of ether oxygens (including phenoxy) is 2. The van der Waals surface area contributed by atoms with Crippen molar-refractivity contribution in [3.05, 3.63) is 0 Å². The first-order valence-corrected chi connectivity index (χ1v) is 5.99. The van der Waals surface area contributed by atoms with E-state index >= 15 is 0 Å². The second kappa shape index (κ2) is 5.56. The van der Waals surface area contributed by atoms with Crippen LogP contribution >= 0.6 is 0 Å². The Kier molecular flexibility index (Phi) is 4.56. The minimum Gasteiger partial charge on any atom is -0.480 e. The monoisotopic (exact) mass is 259 g/mol. The lowest BCUT2D eigenvalue weighted by molar-refractivity contribution is -0.145. The lowest BCUT2D eigenvalue weighted by Crippen LogP contribution is -2.50. The number of carboxylic acids is 1. The zero-order chi connectivity index (χ0) is 13.9. The molecule has 0 saturated heterocycles. The first kappa shape index (κ1) is 14.8. The van der Waals surface area contributed by atoms with Gasteiger partial charge in [0.15, 0.2) is 6.04 Å². The third-order valence-electron chi connectivity index (χ3n) is 2.49. The highest BCUT2D eigenvalue weighted by Gasteiger charge is 2.42. The number of hydrogen-bond donors (Lipinski definition) is 1. The molecule has 1 saturated carbocycles. The number of rotatable bonds is 5. The molecular formula is C12H21NO5. The van der Waals surface area contributed by atoms with Gasteiger partial charge in [-0.2, -0.15) is 0 Å². The summed E-state index contributed by atoms with van der Waals surface area (Å²) in [5.41, 5.74) is -0.639. The van der Waals surface area contributed by atoms with Gasteiger partial charge in [0, 0.05) is 13.2 Å². The molecule has 1 rings (SSSR count). The van der Waals surface area contributed by atoms with Gasteiger partial charge in [0.2, 0.25) is 0 Å². The van der Waals surface area contributed by atoms with Crippen molar-refractivity contribution in [1.29, 1.82) is 0 Å². The van der Waals surface area contributed by atoms with Gasteiger partial charge in [-0.05, 0) is 33.6 Å². The second-order valence-electron chi connectivity index (χ2n) is 5.43. The molecule has 1 atom stereocenters. The van der Waals surface area contributed by atoms with Gasteiger partial charge < -0.3 is 14.6 Å². The molecule has 0 aromatic rings. The summed E-state index contributed by atoms with van der Waals surface area (Å²) in [6.45, 7) is 5.22. The highest BCUT2D eigenvalue weighted by atomic mass is 16.6. The van der Waals surface area contributed by atoms with Crippen molar-refractivity contribution in [2.45, 2.75) is 51.3 Å². The molecule has 6 heteroatoms. The Morgan fingerprint density at radius 2 is 1.94 bits per heavy atom. The number of carboxylic acid groups (broad SMARTS) is 1. The molecule has 0 aromatic heterocycles. The third kappa shape index (κ3) is 4.18. The Morgan fingerprint density at radius 3 is 2.28 bits per heavy atom. The molecule has 0 aromatic carbocycles. The van der Waals surface area contributed by atoms with E-state index < -0.39 is 23.7 Å². The normalized spacial score (nSPS) is 17.1. The molecule has 0 radical (unpaired) electrons. The summed E-state index contributed by atoms with van der Waals surface area (Å²) in [7, 11) is 1.41. The fraction of sp³-hybridized carbons (Fsp3) is 0.833. The molecule has 0 aliphatic heterocycles. The zero-order valence-corrected chi connectivity index (χ0v) is 11.3. The van der Waals surface area contributed by atoms with E-state index in [1.54, 1.807) is 20.8 Å². The Labute approximate surface area is 107 Å². The molecule has 0 bridgehead atoms. The van der Waals surface area contributed by atoms with Crippen LogP contribution in [0, 0.1) is 0 Å². The number of carbonyl (C=O) groups excluding carboxylic acids is 1. The summed E-state index contributed by atoms with van der Waals surface area (Å²) in [4.78, 5) is 24.5. The van der Waals surface area contributed by atoms with E-state index in [0.717, 1.165) is 12.8 Å². The molecule has 18 heavy (non-hydrogen) atoms. The molecule has 0 spiro atoms. The Balaban J connectivity index is 2.80. The van der Waals surface area contributed by atoms with E-state index in [1.807, 2.05) is 0 Å². The van der Waals surface area contributed by atoms with Gasteiger partial charge in [0.1, 0.15) is 5.60 Å². The Bertz CT molecular complexity index is 319. The predicted molar refractivity (Wildman–Crippen MR) is 64.4 cm³/mol. The van der Waals surface area contributed by atoms with Gasteiger partial charge in [0.05, 0.1) is 6.61 Å². The zero-order valence-electron chi connectivity index (χ0n) is 11.3. The summed E-state index contributed by atoms with van der Waals surface area (Å²) in [5.74, 6) is -1.07. The smallest absolute Gasteiger partial charge is 0.411 e. The highest BCUT2D eigenvalue weighted by Crippen LogP contribution is 2.30. The summed E-state index contributed by atoms with van der Waals surface area (Å²) < 4.78 is 10.1. The molecule has 1 N–H and O–H groups in total. The van der Waals surface area contributed by atoms with Crippen molar-refractivity contribution in [1.82, 2.24) is 4.90 Å². The quantitative estimate of drug-likeness (QED) is 0.809. The maximum Gasteiger partial charge on any atom is 0.411 e. The van der Waals surface area contributed by atoms with Crippen LogP contribution in [-0.2, 0) is 14.3 Å². The fourth-order valence-electron chi connectivity index (χ4n) is 1.63. The molecule has 1 aliphatic carbocycles. The van der Waals surface area contributed by atoms with Crippen LogP contribution in [0.1, 0.15) is 33.6 Å². The van der Waals surface area contributed by atoms with Crippen LogP contribution < -0.4 is 0 Å². The van der Waals surface area contributed by atoms with Crippen molar-refractivity contribution in [3.63, 3.8) is 0 Å². The average Bonchev–Trinajstić information content (AvgIpc) is 2.97. The molecule has 1 amide bonds. The standard InChI is InChI=1S/C12H21NO5/c1-12(2,3)18-11(16)13(8-5-6-8)9(7-17-4)10(14)15/h8-9H,5-7H2,1-4H3,(H,14,15). The molecule has 1 aliphatic rings. The van der Waals surface area contributed by atoms with Crippen LogP contribution in [0.5, 0.6) is 0 Å². The van der Waals surface area contributed by atoms with Crippen molar-refractivity contribution in [2.75, 3.05) is 13.7 Å². The Hall–Kier alpha value is -1.30. The van der Waals surface area contributed by atoms with Crippen molar-refractivity contribution >= 4 is 12.1 Å². The van der Waals surface area contributed by atoms with Gasteiger partial charge in [-0.1, -0.05) is 0 Å². The number of carbonyl (C=O) groups is 2. The van der Waals surface area contributed by atoms with Gasteiger partial charge >= 0.3 is 12.1 Å². The Morgan fingerprint density at radius 1 is 1.39 bits per heavy atom. The van der Waals surface area contributed by atoms with Crippen LogP contribution in [0.25, 0.3) is 0 Å². The number of aliphatic carboxylic acids is 1. The minimum atomic E-state index is -1.07. The molecule has 1 unspecified atom stereocenters. The summed E-state index contributed by atoms with van der Waals surface area (Å²) in [6.07, 6.45) is 1.04. The average molecular weight is 259 g/mol. The first-order valence-electron chi connectivity index (χ1n) is 5.99. The van der Waals surface area contributed by atoms with Crippen molar-refractivity contribution in [2.24, 2.45) is 0 Å². The fourth-order valence-corrected chi connectivity index (χ4v) is 1.63. The van der Waals surface area contributed by atoms with Crippen LogP contribution in [0.15, 0.2) is 0 Å². The SMILES string of the molecule is COCC(C(=O)O)N(C(=O)OC(C)(C)C)C1CC1. The van der Waals surface area contributed by atoms with Crippen LogP contribution in [0.2, 0.25) is 0 Å². The third-order valence-corrected chi connectivity index (χ3v) is 2.49. The van der Waals surface area contributed by atoms with Gasteiger partial charge in [-0.3, -0.25) is 4.90 Å². The number of nitrogens with zero attached hydrogens (tertiary/aromatic N) is 1. The van der Waals surface area contributed by atoms with Crippen molar-refractivity contribution in [3.8, 4) is 0 Å². The van der Waals surface area contributed by atoms with Gasteiger partial charge in [-0.15, -0.1) is 0 Å². The topological polar surface area (TPSA) is 76.1 Å². The van der Waals surface area contributed by atoms with Gasteiger partial charge in [0.25, 0.3) is 0 Å². The minimum absolute atomic E-state index is 0.0366. The number of methoxy groups -OCH3 is 1. The molecule has 0 heterocycles. The lowest BCUT2D eigenvalue weighted by atomic mass is 10.2. The first-order chi connectivity index (χ1) is 8.26. The molecule has 104 valence electrons. The number of hydrogen-bond acceptors (Lipinski definition) is 4. The van der Waals surface area contributed by atoms with Crippen LogP contribution in [0.4, 0.5) is 4.79 Å². The predicted octanol–water partition coefficient (Wildman–Crippen LogP) is 1.49. The molecule has 1 fully saturated rings. The van der Waals surface area contributed by atoms with E-state index in [9.17, 15) is 9.59 Å². The van der Waals surface area contributed by atoms with Crippen molar-refractivity contribution < 1.29 is 24.2 Å². The van der Waals surface area contributed by atoms with E-state index in [-0.39, 0.29) is 12.6 Å². The molecule has 6 nitrogen and oxygen atoms in total. The maximum absolute atomic E-state index is 12.0. The summed E-state index contributed by atoms with van der Waals surface area (Å²) >= 11 is 0. The second-order valence-corrected chi connectivity index (χ2v) is 5.43. The summed E-state index contributed by atoms with van der Waals surface area (Å²) in [6, 6.07) is -1.03. The van der Waals surface area contributed by atoms with Crippen LogP contribution in [-0.4, -0.2) is 53.5 Å². The largest absolute Gasteiger partial charge is 0.480 e. The van der Waals surface area contributed by atoms with E-state index in [4.69, 9.17) is 14.6 Å². The van der Waals surface area contributed by atoms with E-state index in [0.29, 0.717) is 0 Å². The lowest BCUT2D eigenvalue weighted by Gasteiger charge is -2.31. The summed E-state index contributed by atoms with van der Waals surface area (Å²) in [5, 5.41) is 9.17. The molecular weight excluding hydrogens is 238 g/mol. The van der Waals surface area contributed by atoms with E-state index in [1.165, 1.54) is 12.0 Å². The maximum atomic E-state index is 12.0. The highest BCUT2D eigenvalue weighted by molar-refractivity contribution is 5.80. The van der Waals surface area contributed by atoms with E-state index in [2.05, 4.69) is 0 Å². The van der Waals surface area contributed by atoms with Crippen LogP contribution in [0.3, 0.4) is 0 Å². The number of amides is 1. The van der Waals surface area contributed by atoms with Gasteiger partial charge in [-0.25, -0.2) is 9.59 Å².